The Morgan fingerprint density at radius 2 is 1.83 bits per heavy atom. The van der Waals surface area contributed by atoms with Crippen LogP contribution in [0.2, 0.25) is 0 Å². The summed E-state index contributed by atoms with van der Waals surface area (Å²) in [6.45, 7) is 5.03. The predicted molar refractivity (Wildman–Crippen MR) is 88.6 cm³/mol. The fourth-order valence-electron chi connectivity index (χ4n) is 2.49. The number of rotatable bonds is 6. The number of hydrogen-bond acceptors (Lipinski definition) is 4. The SMILES string of the molecule is CC(=O)c1ccc(NC(=O)CN2C(=O)NC(CC(C)C)C2=O)cc1. The average Bonchev–Trinajstić information content (AvgIpc) is 2.74. The lowest BCUT2D eigenvalue weighted by Gasteiger charge is -2.14. The zero-order valence-electron chi connectivity index (χ0n) is 14.0. The lowest BCUT2D eigenvalue weighted by molar-refractivity contribution is -0.131. The van der Waals surface area contributed by atoms with E-state index in [1.165, 1.54) is 6.92 Å². The van der Waals surface area contributed by atoms with Crippen LogP contribution in [0.5, 0.6) is 0 Å². The molecule has 0 bridgehead atoms. The van der Waals surface area contributed by atoms with Crippen molar-refractivity contribution in [3.8, 4) is 0 Å². The second kappa shape index (κ2) is 7.25. The Balaban J connectivity index is 1.95. The van der Waals surface area contributed by atoms with Crippen LogP contribution in [0.4, 0.5) is 10.5 Å². The number of amides is 4. The lowest BCUT2D eigenvalue weighted by Crippen LogP contribution is -2.38. The van der Waals surface area contributed by atoms with Gasteiger partial charge in [-0.2, -0.15) is 0 Å². The first-order valence-corrected chi connectivity index (χ1v) is 7.80. The van der Waals surface area contributed by atoms with Gasteiger partial charge in [0.15, 0.2) is 5.78 Å². The van der Waals surface area contributed by atoms with Gasteiger partial charge in [-0.3, -0.25) is 19.3 Å². The molecule has 0 radical (unpaired) electrons. The first-order valence-electron chi connectivity index (χ1n) is 7.80. The van der Waals surface area contributed by atoms with Crippen LogP contribution in [0.25, 0.3) is 0 Å². The number of nitrogens with one attached hydrogen (secondary N) is 2. The van der Waals surface area contributed by atoms with E-state index in [1.54, 1.807) is 24.3 Å². The molecule has 0 spiro atoms. The van der Waals surface area contributed by atoms with Crippen LogP contribution in [0.3, 0.4) is 0 Å². The highest BCUT2D eigenvalue weighted by molar-refractivity contribution is 6.08. The number of nitrogens with zero attached hydrogens (tertiary/aromatic N) is 1. The molecular formula is C17H21N3O4. The summed E-state index contributed by atoms with van der Waals surface area (Å²) in [5.41, 5.74) is 1.04. The molecule has 1 heterocycles. The van der Waals surface area contributed by atoms with Crippen molar-refractivity contribution < 1.29 is 19.2 Å². The number of carbonyl (C=O) groups is 4. The standard InChI is InChI=1S/C17H21N3O4/c1-10(2)8-14-16(23)20(17(24)19-14)9-15(22)18-13-6-4-12(5-7-13)11(3)21/h4-7,10,14H,8-9H2,1-3H3,(H,18,22)(H,19,24). The number of carbonyl (C=O) groups excluding carboxylic acids is 4. The number of benzene rings is 1. The molecule has 128 valence electrons. The van der Waals surface area contributed by atoms with Crippen molar-refractivity contribution in [2.24, 2.45) is 5.92 Å². The van der Waals surface area contributed by atoms with Crippen molar-refractivity contribution in [2.45, 2.75) is 33.2 Å². The first-order chi connectivity index (χ1) is 11.3. The summed E-state index contributed by atoms with van der Waals surface area (Å²) in [5, 5.41) is 5.20. The molecule has 0 aliphatic carbocycles. The molecule has 1 aliphatic heterocycles. The molecule has 0 aromatic heterocycles. The van der Waals surface area contributed by atoms with Gasteiger partial charge in [0.1, 0.15) is 12.6 Å². The van der Waals surface area contributed by atoms with Gasteiger partial charge in [0.25, 0.3) is 5.91 Å². The maximum atomic E-state index is 12.2. The molecule has 4 amide bonds. The van der Waals surface area contributed by atoms with E-state index in [4.69, 9.17) is 0 Å². The maximum Gasteiger partial charge on any atom is 0.325 e. The molecule has 1 aliphatic rings. The summed E-state index contributed by atoms with van der Waals surface area (Å²) in [6, 6.07) is 5.28. The van der Waals surface area contributed by atoms with Crippen molar-refractivity contribution in [3.63, 3.8) is 0 Å². The largest absolute Gasteiger partial charge is 0.326 e. The zero-order valence-corrected chi connectivity index (χ0v) is 14.0. The topological polar surface area (TPSA) is 95.6 Å². The zero-order chi connectivity index (χ0) is 17.9. The molecular weight excluding hydrogens is 310 g/mol. The third-order valence-corrected chi connectivity index (χ3v) is 3.69. The Hall–Kier alpha value is -2.70. The Morgan fingerprint density at radius 1 is 1.21 bits per heavy atom. The second-order valence-corrected chi connectivity index (χ2v) is 6.24. The third kappa shape index (κ3) is 4.18. The van der Waals surface area contributed by atoms with Crippen molar-refractivity contribution >= 4 is 29.3 Å². The predicted octanol–water partition coefficient (Wildman–Crippen LogP) is 1.79. The van der Waals surface area contributed by atoms with Gasteiger partial charge < -0.3 is 10.6 Å². The van der Waals surface area contributed by atoms with Gasteiger partial charge >= 0.3 is 6.03 Å². The van der Waals surface area contributed by atoms with Gasteiger partial charge in [-0.05, 0) is 43.5 Å². The Kier molecular flexibility index (Phi) is 5.33. The average molecular weight is 331 g/mol. The summed E-state index contributed by atoms with van der Waals surface area (Å²) in [6.07, 6.45) is 0.537. The Bertz CT molecular complexity index is 667. The number of anilines is 1. The van der Waals surface area contributed by atoms with E-state index >= 15 is 0 Å². The van der Waals surface area contributed by atoms with E-state index in [2.05, 4.69) is 10.6 Å². The van der Waals surface area contributed by atoms with Crippen LogP contribution < -0.4 is 10.6 Å². The van der Waals surface area contributed by atoms with Crippen LogP contribution in [0.15, 0.2) is 24.3 Å². The fourth-order valence-corrected chi connectivity index (χ4v) is 2.49. The van der Waals surface area contributed by atoms with Gasteiger partial charge in [0.2, 0.25) is 5.91 Å². The molecule has 1 atom stereocenters. The summed E-state index contributed by atoms with van der Waals surface area (Å²) in [5.74, 6) is -0.661. The molecule has 0 saturated carbocycles. The van der Waals surface area contributed by atoms with E-state index in [0.717, 1.165) is 4.90 Å². The first kappa shape index (κ1) is 17.7. The van der Waals surface area contributed by atoms with Crippen LogP contribution >= 0.6 is 0 Å². The van der Waals surface area contributed by atoms with Crippen LogP contribution in [0, 0.1) is 5.92 Å². The smallest absolute Gasteiger partial charge is 0.325 e. The van der Waals surface area contributed by atoms with Crippen LogP contribution in [0.1, 0.15) is 37.6 Å². The van der Waals surface area contributed by atoms with Crippen molar-refractivity contribution in [1.29, 1.82) is 0 Å². The van der Waals surface area contributed by atoms with Crippen molar-refractivity contribution in [3.05, 3.63) is 29.8 Å². The molecule has 24 heavy (non-hydrogen) atoms. The molecule has 7 nitrogen and oxygen atoms in total. The quantitative estimate of drug-likeness (QED) is 0.614. The number of hydrogen-bond donors (Lipinski definition) is 2. The number of Topliss-reactive ketones (excluding diaryl/α,β-unsaturated/α-hetero) is 1. The van der Waals surface area contributed by atoms with Crippen LogP contribution in [-0.2, 0) is 9.59 Å². The van der Waals surface area contributed by atoms with Crippen LogP contribution in [-0.4, -0.2) is 41.1 Å². The Labute approximate surface area is 140 Å². The normalized spacial score (nSPS) is 17.2. The molecule has 1 saturated heterocycles. The molecule has 7 heteroatoms. The molecule has 2 rings (SSSR count). The lowest BCUT2D eigenvalue weighted by atomic mass is 10.0. The molecule has 2 N–H and O–H groups in total. The van der Waals surface area contributed by atoms with Gasteiger partial charge in [0, 0.05) is 11.3 Å². The van der Waals surface area contributed by atoms with Crippen molar-refractivity contribution in [2.75, 3.05) is 11.9 Å². The van der Waals surface area contributed by atoms with E-state index < -0.39 is 18.0 Å². The maximum absolute atomic E-state index is 12.2. The number of ketones is 1. The summed E-state index contributed by atoms with van der Waals surface area (Å²) in [4.78, 5) is 48.2. The van der Waals surface area contributed by atoms with E-state index in [1.807, 2.05) is 13.8 Å². The third-order valence-electron chi connectivity index (χ3n) is 3.69. The highest BCUT2D eigenvalue weighted by Crippen LogP contribution is 2.15. The molecule has 1 fully saturated rings. The van der Waals surface area contributed by atoms with Gasteiger partial charge in [0.05, 0.1) is 0 Å². The fraction of sp³-hybridized carbons (Fsp3) is 0.412. The second-order valence-electron chi connectivity index (χ2n) is 6.24. The highest BCUT2D eigenvalue weighted by atomic mass is 16.2. The number of urea groups is 1. The van der Waals surface area contributed by atoms with E-state index in [-0.39, 0.29) is 24.2 Å². The highest BCUT2D eigenvalue weighted by Gasteiger charge is 2.38. The number of imide groups is 1. The summed E-state index contributed by atoms with van der Waals surface area (Å²) < 4.78 is 0. The minimum Gasteiger partial charge on any atom is -0.326 e. The van der Waals surface area contributed by atoms with Gasteiger partial charge in [-0.25, -0.2) is 4.79 Å². The monoisotopic (exact) mass is 331 g/mol. The van der Waals surface area contributed by atoms with E-state index in [9.17, 15) is 19.2 Å². The van der Waals surface area contributed by atoms with Gasteiger partial charge in [-0.1, -0.05) is 13.8 Å². The minimum absolute atomic E-state index is 0.0663. The van der Waals surface area contributed by atoms with Gasteiger partial charge in [-0.15, -0.1) is 0 Å². The molecule has 1 unspecified atom stereocenters. The Morgan fingerprint density at radius 3 is 2.38 bits per heavy atom. The summed E-state index contributed by atoms with van der Waals surface area (Å²) >= 11 is 0. The summed E-state index contributed by atoms with van der Waals surface area (Å²) in [7, 11) is 0. The van der Waals surface area contributed by atoms with Crippen molar-refractivity contribution in [1.82, 2.24) is 10.2 Å². The molecule has 1 aromatic rings. The van der Waals surface area contributed by atoms with E-state index in [0.29, 0.717) is 17.7 Å². The molecule has 1 aromatic carbocycles. The minimum atomic E-state index is -0.569.